The number of nitrogens with one attached hydrogen (secondary N) is 2. The lowest BCUT2D eigenvalue weighted by Crippen LogP contribution is -2.71. The molecule has 0 radical (unpaired) electrons. The van der Waals surface area contributed by atoms with Gasteiger partial charge in [0.2, 0.25) is 21.8 Å². The van der Waals surface area contributed by atoms with E-state index < -0.39 is 26.5 Å². The van der Waals surface area contributed by atoms with Crippen LogP contribution >= 0.6 is 11.6 Å². The molecule has 6 rings (SSSR count). The van der Waals surface area contributed by atoms with Crippen molar-refractivity contribution >= 4 is 33.4 Å². The van der Waals surface area contributed by atoms with Gasteiger partial charge in [-0.25, -0.2) is 8.42 Å². The van der Waals surface area contributed by atoms with Gasteiger partial charge in [0.1, 0.15) is 10.4 Å². The maximum Gasteiger partial charge on any atom is 0.243 e. The van der Waals surface area contributed by atoms with Gasteiger partial charge in [-0.15, -0.1) is 0 Å². The number of carbonyl (C=O) groups is 2. The molecule has 5 aliphatic rings. The second-order valence-electron chi connectivity index (χ2n) is 11.4. The molecule has 5 aliphatic carbocycles. The van der Waals surface area contributed by atoms with Crippen LogP contribution in [-0.2, 0) is 19.6 Å². The lowest BCUT2D eigenvalue weighted by molar-refractivity contribution is -0.164. The average Bonchev–Trinajstić information content (AvgIpc) is 2.76. The van der Waals surface area contributed by atoms with Crippen molar-refractivity contribution in [2.75, 3.05) is 13.1 Å². The van der Waals surface area contributed by atoms with Crippen molar-refractivity contribution in [2.24, 2.45) is 17.3 Å². The first-order chi connectivity index (χ1) is 16.6. The van der Waals surface area contributed by atoms with E-state index in [4.69, 9.17) is 11.6 Å². The molecule has 35 heavy (non-hydrogen) atoms. The minimum atomic E-state index is -3.97. The van der Waals surface area contributed by atoms with Gasteiger partial charge in [0.25, 0.3) is 0 Å². The summed E-state index contributed by atoms with van der Waals surface area (Å²) in [4.78, 5) is 29.3. The second kappa shape index (κ2) is 8.73. The van der Waals surface area contributed by atoms with Crippen LogP contribution in [0.2, 0.25) is 5.02 Å². The number of benzene rings is 1. The summed E-state index contributed by atoms with van der Waals surface area (Å²) in [6.45, 7) is 5.42. The number of carbonyl (C=O) groups excluding carboxylic acids is 2. The lowest BCUT2D eigenvalue weighted by Gasteiger charge is -2.62. The monoisotopic (exact) mass is 521 g/mol. The van der Waals surface area contributed by atoms with Crippen molar-refractivity contribution in [1.82, 2.24) is 14.9 Å². The maximum atomic E-state index is 13.8. The predicted molar refractivity (Wildman–Crippen MR) is 134 cm³/mol. The number of hydrogen-bond donors (Lipinski definition) is 2. The summed E-state index contributed by atoms with van der Waals surface area (Å²) in [5, 5.41) is 3.47. The molecule has 1 aromatic carbocycles. The molecule has 192 valence electrons. The third-order valence-electron chi connectivity index (χ3n) is 9.04. The van der Waals surface area contributed by atoms with Crippen molar-refractivity contribution in [3.05, 3.63) is 29.3 Å². The average molecular weight is 522 g/mol. The van der Waals surface area contributed by atoms with E-state index in [0.717, 1.165) is 38.5 Å². The summed E-state index contributed by atoms with van der Waals surface area (Å²) < 4.78 is 29.1. The summed E-state index contributed by atoms with van der Waals surface area (Å²) in [5.41, 5.74) is -2.02. The van der Waals surface area contributed by atoms with Crippen molar-refractivity contribution < 1.29 is 18.0 Å². The Kier molecular flexibility index (Phi) is 6.25. The number of nitrogens with zero attached hydrogens (tertiary/aromatic N) is 1. The molecule has 7 nitrogen and oxygen atoms in total. The smallest absolute Gasteiger partial charge is 0.243 e. The van der Waals surface area contributed by atoms with Crippen LogP contribution < -0.4 is 10.0 Å². The predicted octanol–water partition coefficient (Wildman–Crippen LogP) is 3.86. The zero-order valence-electron chi connectivity index (χ0n) is 20.6. The van der Waals surface area contributed by atoms with Crippen LogP contribution in [0.1, 0.15) is 71.6 Å². The summed E-state index contributed by atoms with van der Waals surface area (Å²) in [6.07, 6.45) is 7.01. The Labute approximate surface area is 213 Å². The Bertz CT molecular complexity index is 1120. The van der Waals surface area contributed by atoms with Gasteiger partial charge in [-0.05, 0) is 95.6 Å². The fourth-order valence-corrected chi connectivity index (χ4v) is 9.69. The molecular formula is C26H36ClN3O4S. The van der Waals surface area contributed by atoms with Crippen molar-refractivity contribution in [3.63, 3.8) is 0 Å². The quantitative estimate of drug-likeness (QED) is 0.543. The van der Waals surface area contributed by atoms with Crippen molar-refractivity contribution in [3.8, 4) is 0 Å². The molecule has 0 aromatic heterocycles. The van der Waals surface area contributed by atoms with Gasteiger partial charge in [-0.3, -0.25) is 9.59 Å². The highest BCUT2D eigenvalue weighted by molar-refractivity contribution is 7.89. The van der Waals surface area contributed by atoms with Crippen LogP contribution in [0.5, 0.6) is 0 Å². The summed E-state index contributed by atoms with van der Waals surface area (Å²) in [6, 6.07) is 6.29. The van der Waals surface area contributed by atoms with E-state index >= 15 is 0 Å². The van der Waals surface area contributed by atoms with E-state index in [2.05, 4.69) is 10.0 Å². The third kappa shape index (κ3) is 4.19. The Morgan fingerprint density at radius 3 is 2.23 bits per heavy atom. The fraction of sp³-hybridized carbons (Fsp3) is 0.692. The molecule has 4 bridgehead atoms. The normalized spacial score (nSPS) is 32.7. The van der Waals surface area contributed by atoms with Gasteiger partial charge in [0, 0.05) is 18.6 Å². The number of halogens is 1. The van der Waals surface area contributed by atoms with Crippen LogP contribution in [-0.4, -0.2) is 49.3 Å². The highest BCUT2D eigenvalue weighted by atomic mass is 35.5. The SMILES string of the molecule is CCN(CC)C(=O)C12CC3CC(CC(NC(=O)C4(NS(=O)(=O)c5ccccc5Cl)CCC4)(C3)C1)C2. The summed E-state index contributed by atoms with van der Waals surface area (Å²) >= 11 is 6.16. The topological polar surface area (TPSA) is 95.6 Å². The van der Waals surface area contributed by atoms with Gasteiger partial charge in [0.15, 0.2) is 0 Å². The van der Waals surface area contributed by atoms with E-state index in [0.29, 0.717) is 44.2 Å². The first-order valence-electron chi connectivity index (χ1n) is 13.0. The van der Waals surface area contributed by atoms with Crippen LogP contribution in [0, 0.1) is 17.3 Å². The molecule has 0 aliphatic heterocycles. The number of sulfonamides is 1. The minimum Gasteiger partial charge on any atom is -0.349 e. The molecule has 5 saturated carbocycles. The van der Waals surface area contributed by atoms with Crippen LogP contribution in [0.15, 0.2) is 29.2 Å². The number of amides is 2. The summed E-state index contributed by atoms with van der Waals surface area (Å²) in [7, 11) is -3.97. The Balaban J connectivity index is 1.39. The standard InChI is InChI=1S/C26H36ClN3O4S/c1-3-30(4-2)23(32)24-13-18-12-19(14-24)16-25(15-18,17-24)28-22(31)26(10-7-11-26)29-35(33,34)21-9-6-5-8-20(21)27/h5-6,8-9,18-19,29H,3-4,7,10-17H2,1-2H3,(H,28,31). The first kappa shape index (κ1) is 25.0. The van der Waals surface area contributed by atoms with E-state index in [1.807, 2.05) is 18.7 Å². The van der Waals surface area contributed by atoms with Crippen LogP contribution in [0.4, 0.5) is 0 Å². The van der Waals surface area contributed by atoms with Gasteiger partial charge in [0.05, 0.1) is 10.4 Å². The highest BCUT2D eigenvalue weighted by Gasteiger charge is 2.62. The highest BCUT2D eigenvalue weighted by Crippen LogP contribution is 2.62. The first-order valence-corrected chi connectivity index (χ1v) is 14.8. The Morgan fingerprint density at radius 1 is 1.06 bits per heavy atom. The minimum absolute atomic E-state index is 0.0145. The number of hydrogen-bond acceptors (Lipinski definition) is 4. The molecule has 0 saturated heterocycles. The summed E-state index contributed by atoms with van der Waals surface area (Å²) in [5.74, 6) is 0.821. The van der Waals surface area contributed by atoms with E-state index in [-0.39, 0.29) is 21.7 Å². The Morgan fingerprint density at radius 2 is 1.69 bits per heavy atom. The molecular weight excluding hydrogens is 486 g/mol. The molecule has 2 atom stereocenters. The second-order valence-corrected chi connectivity index (χ2v) is 13.5. The third-order valence-corrected chi connectivity index (χ3v) is 11.1. The van der Waals surface area contributed by atoms with Crippen molar-refractivity contribution in [2.45, 2.75) is 87.6 Å². The van der Waals surface area contributed by atoms with Gasteiger partial charge >= 0.3 is 0 Å². The molecule has 9 heteroatoms. The molecule has 0 spiro atoms. The fourth-order valence-electron chi connectivity index (χ4n) is 7.75. The van der Waals surface area contributed by atoms with Crippen LogP contribution in [0.3, 0.4) is 0 Å². The Hall–Kier alpha value is -1.64. The largest absolute Gasteiger partial charge is 0.349 e. The molecule has 2 unspecified atom stereocenters. The lowest BCUT2D eigenvalue weighted by atomic mass is 9.46. The van der Waals surface area contributed by atoms with Gasteiger partial charge in [-0.1, -0.05) is 23.7 Å². The van der Waals surface area contributed by atoms with E-state index in [9.17, 15) is 18.0 Å². The zero-order valence-corrected chi connectivity index (χ0v) is 22.2. The zero-order chi connectivity index (χ0) is 25.1. The van der Waals surface area contributed by atoms with E-state index in [1.54, 1.807) is 12.1 Å². The van der Waals surface area contributed by atoms with Crippen molar-refractivity contribution in [1.29, 1.82) is 0 Å². The molecule has 2 amide bonds. The maximum absolute atomic E-state index is 13.8. The molecule has 1 aromatic rings. The van der Waals surface area contributed by atoms with Gasteiger partial charge in [-0.2, -0.15) is 4.72 Å². The van der Waals surface area contributed by atoms with E-state index in [1.165, 1.54) is 12.1 Å². The number of rotatable bonds is 8. The molecule has 5 fully saturated rings. The van der Waals surface area contributed by atoms with Gasteiger partial charge < -0.3 is 10.2 Å². The molecule has 2 N–H and O–H groups in total. The van der Waals surface area contributed by atoms with Crippen LogP contribution in [0.25, 0.3) is 0 Å². The molecule has 0 heterocycles.